The quantitative estimate of drug-likeness (QED) is 0.724. The van der Waals surface area contributed by atoms with Crippen LogP contribution in [0.15, 0.2) is 12.1 Å². The lowest BCUT2D eigenvalue weighted by molar-refractivity contribution is -0.122. The van der Waals surface area contributed by atoms with Crippen LogP contribution in [0.1, 0.15) is 34.3 Å². The van der Waals surface area contributed by atoms with Crippen LogP contribution in [-0.2, 0) is 22.7 Å². The molecule has 2 amide bonds. The van der Waals surface area contributed by atoms with Gasteiger partial charge in [0.1, 0.15) is 18.1 Å². The summed E-state index contributed by atoms with van der Waals surface area (Å²) in [5.41, 5.74) is 11.4. The lowest BCUT2D eigenvalue weighted by atomic mass is 10.1. The van der Waals surface area contributed by atoms with Crippen molar-refractivity contribution in [1.82, 2.24) is 4.90 Å². The normalized spacial score (nSPS) is 15.0. The standard InChI is InChI=1S/C14H16FN3O3/c15-12-8(6-16)3-4-9-7-18(14(21)11(9)12)10(13(17)20)2-1-5-19/h3-5,10H,1-2,6-7,16H2,(H2,17,20). The first-order valence-electron chi connectivity index (χ1n) is 6.55. The van der Waals surface area contributed by atoms with Crippen molar-refractivity contribution >= 4 is 18.1 Å². The van der Waals surface area contributed by atoms with Crippen molar-refractivity contribution in [2.75, 3.05) is 0 Å². The average Bonchev–Trinajstić information content (AvgIpc) is 2.77. The van der Waals surface area contributed by atoms with E-state index in [0.29, 0.717) is 11.8 Å². The zero-order valence-electron chi connectivity index (χ0n) is 11.3. The van der Waals surface area contributed by atoms with E-state index in [2.05, 4.69) is 0 Å². The van der Waals surface area contributed by atoms with Gasteiger partial charge in [-0.15, -0.1) is 0 Å². The minimum absolute atomic E-state index is 0.0171. The summed E-state index contributed by atoms with van der Waals surface area (Å²) in [7, 11) is 0. The molecule has 1 atom stereocenters. The second-order valence-electron chi connectivity index (χ2n) is 4.87. The van der Waals surface area contributed by atoms with E-state index in [1.807, 2.05) is 0 Å². The molecule has 0 spiro atoms. The maximum Gasteiger partial charge on any atom is 0.258 e. The lowest BCUT2D eigenvalue weighted by Crippen LogP contribution is -2.45. The molecule has 1 aromatic carbocycles. The summed E-state index contributed by atoms with van der Waals surface area (Å²) in [5.74, 6) is -1.95. The van der Waals surface area contributed by atoms with E-state index in [-0.39, 0.29) is 37.1 Å². The predicted octanol–water partition coefficient (Wildman–Crippen LogP) is 0.0732. The highest BCUT2D eigenvalue weighted by Crippen LogP contribution is 2.29. The molecule has 1 aromatic rings. The molecule has 6 nitrogen and oxygen atoms in total. The highest BCUT2D eigenvalue weighted by atomic mass is 19.1. The van der Waals surface area contributed by atoms with Crippen LogP contribution in [0.5, 0.6) is 0 Å². The van der Waals surface area contributed by atoms with Gasteiger partial charge in [-0.05, 0) is 12.0 Å². The van der Waals surface area contributed by atoms with Crippen LogP contribution in [-0.4, -0.2) is 29.0 Å². The molecule has 1 aliphatic rings. The third kappa shape index (κ3) is 2.64. The first kappa shape index (κ1) is 15.1. The fourth-order valence-corrected chi connectivity index (χ4v) is 2.51. The monoisotopic (exact) mass is 293 g/mol. The van der Waals surface area contributed by atoms with Crippen LogP contribution in [0.2, 0.25) is 0 Å². The van der Waals surface area contributed by atoms with Gasteiger partial charge in [0.05, 0.1) is 5.56 Å². The van der Waals surface area contributed by atoms with Gasteiger partial charge in [0.15, 0.2) is 0 Å². The second kappa shape index (κ2) is 6.01. The third-order valence-corrected chi connectivity index (χ3v) is 3.61. The molecule has 1 unspecified atom stereocenters. The predicted molar refractivity (Wildman–Crippen MR) is 72.4 cm³/mol. The van der Waals surface area contributed by atoms with Crippen LogP contribution in [0.3, 0.4) is 0 Å². The van der Waals surface area contributed by atoms with Crippen LogP contribution in [0.4, 0.5) is 4.39 Å². The number of primary amides is 1. The fourth-order valence-electron chi connectivity index (χ4n) is 2.51. The highest BCUT2D eigenvalue weighted by Gasteiger charge is 2.37. The number of amides is 2. The Kier molecular flexibility index (Phi) is 4.32. The maximum absolute atomic E-state index is 14.2. The zero-order valence-corrected chi connectivity index (χ0v) is 11.3. The summed E-state index contributed by atoms with van der Waals surface area (Å²) in [6.45, 7) is 0.0825. The summed E-state index contributed by atoms with van der Waals surface area (Å²) in [4.78, 5) is 35.5. The second-order valence-corrected chi connectivity index (χ2v) is 4.87. The van der Waals surface area contributed by atoms with Gasteiger partial charge < -0.3 is 21.2 Å². The van der Waals surface area contributed by atoms with E-state index >= 15 is 0 Å². The van der Waals surface area contributed by atoms with Crippen molar-refractivity contribution in [3.63, 3.8) is 0 Å². The van der Waals surface area contributed by atoms with E-state index in [0.717, 1.165) is 0 Å². The number of carbonyl (C=O) groups is 3. The molecule has 21 heavy (non-hydrogen) atoms. The maximum atomic E-state index is 14.2. The van der Waals surface area contributed by atoms with Crippen LogP contribution in [0, 0.1) is 5.82 Å². The van der Waals surface area contributed by atoms with Crippen molar-refractivity contribution in [1.29, 1.82) is 0 Å². The largest absolute Gasteiger partial charge is 0.368 e. The number of hydrogen-bond acceptors (Lipinski definition) is 4. The Morgan fingerprint density at radius 1 is 1.48 bits per heavy atom. The van der Waals surface area contributed by atoms with E-state index < -0.39 is 23.7 Å². The number of carbonyl (C=O) groups excluding carboxylic acids is 3. The van der Waals surface area contributed by atoms with Gasteiger partial charge in [0.25, 0.3) is 5.91 Å². The summed E-state index contributed by atoms with van der Waals surface area (Å²) in [6.07, 6.45) is 0.880. The Bertz CT molecular complexity index is 603. The zero-order chi connectivity index (χ0) is 15.6. The number of rotatable bonds is 6. The number of fused-ring (bicyclic) bond motifs is 1. The molecule has 1 aliphatic heterocycles. The Labute approximate surface area is 120 Å². The van der Waals surface area contributed by atoms with Crippen molar-refractivity contribution in [3.8, 4) is 0 Å². The molecular weight excluding hydrogens is 277 g/mol. The highest BCUT2D eigenvalue weighted by molar-refractivity contribution is 6.01. The minimum atomic E-state index is -0.921. The summed E-state index contributed by atoms with van der Waals surface area (Å²) < 4.78 is 14.2. The molecule has 0 bridgehead atoms. The SMILES string of the molecule is NCc1ccc2c(c1F)C(=O)N(C(CCC=O)C(N)=O)C2. The van der Waals surface area contributed by atoms with Gasteiger partial charge in [-0.2, -0.15) is 0 Å². The molecule has 2 rings (SSSR count). The molecule has 112 valence electrons. The topological polar surface area (TPSA) is 106 Å². The fraction of sp³-hybridized carbons (Fsp3) is 0.357. The van der Waals surface area contributed by atoms with Crippen molar-refractivity contribution in [2.45, 2.75) is 32.0 Å². The Morgan fingerprint density at radius 2 is 2.19 bits per heavy atom. The van der Waals surface area contributed by atoms with Gasteiger partial charge in [0, 0.05) is 25.1 Å². The summed E-state index contributed by atoms with van der Waals surface area (Å²) in [6, 6.07) is 2.22. The van der Waals surface area contributed by atoms with E-state index in [9.17, 15) is 18.8 Å². The van der Waals surface area contributed by atoms with Crippen molar-refractivity contribution < 1.29 is 18.8 Å². The van der Waals surface area contributed by atoms with Crippen molar-refractivity contribution in [3.05, 3.63) is 34.6 Å². The van der Waals surface area contributed by atoms with Gasteiger partial charge in [-0.3, -0.25) is 9.59 Å². The molecule has 0 aliphatic carbocycles. The van der Waals surface area contributed by atoms with Gasteiger partial charge in [-0.25, -0.2) is 4.39 Å². The number of halogens is 1. The minimum Gasteiger partial charge on any atom is -0.368 e. The van der Waals surface area contributed by atoms with Crippen LogP contribution >= 0.6 is 0 Å². The first-order chi connectivity index (χ1) is 10.0. The van der Waals surface area contributed by atoms with Crippen LogP contribution < -0.4 is 11.5 Å². The van der Waals surface area contributed by atoms with Crippen molar-refractivity contribution in [2.24, 2.45) is 11.5 Å². The Hall–Kier alpha value is -2.28. The smallest absolute Gasteiger partial charge is 0.258 e. The molecule has 7 heteroatoms. The van der Waals surface area contributed by atoms with Gasteiger partial charge >= 0.3 is 0 Å². The van der Waals surface area contributed by atoms with E-state index in [1.165, 1.54) is 11.0 Å². The molecule has 0 saturated carbocycles. The number of nitrogens with zero attached hydrogens (tertiary/aromatic N) is 1. The Balaban J connectivity index is 2.34. The van der Waals surface area contributed by atoms with E-state index in [1.54, 1.807) is 6.07 Å². The average molecular weight is 293 g/mol. The molecule has 0 radical (unpaired) electrons. The summed E-state index contributed by atoms with van der Waals surface area (Å²) >= 11 is 0. The third-order valence-electron chi connectivity index (χ3n) is 3.61. The first-order valence-corrected chi connectivity index (χ1v) is 6.55. The van der Waals surface area contributed by atoms with Gasteiger partial charge in [-0.1, -0.05) is 12.1 Å². The molecular formula is C14H16FN3O3. The molecule has 0 saturated heterocycles. The molecule has 1 heterocycles. The van der Waals surface area contributed by atoms with Crippen LogP contribution in [0.25, 0.3) is 0 Å². The number of nitrogens with two attached hydrogens (primary N) is 2. The van der Waals surface area contributed by atoms with E-state index in [4.69, 9.17) is 11.5 Å². The number of hydrogen-bond donors (Lipinski definition) is 2. The van der Waals surface area contributed by atoms with Gasteiger partial charge in [0.2, 0.25) is 5.91 Å². The Morgan fingerprint density at radius 3 is 2.76 bits per heavy atom. The summed E-state index contributed by atoms with van der Waals surface area (Å²) in [5, 5.41) is 0. The number of aldehydes is 1. The lowest BCUT2D eigenvalue weighted by Gasteiger charge is -2.24. The molecule has 0 aromatic heterocycles. The molecule has 0 fully saturated rings. The molecule has 4 N–H and O–H groups in total. The number of benzene rings is 1.